The largest absolute Gasteiger partial charge is 0.337 e. The van der Waals surface area contributed by atoms with Crippen LogP contribution in [0, 0.1) is 31.1 Å². The maximum Gasteiger partial charge on any atom is 0.229 e. The molecule has 0 aliphatic rings. The number of anilines is 4. The molecule has 0 amide bonds. The van der Waals surface area contributed by atoms with Crippen LogP contribution < -0.4 is 10.6 Å². The molecule has 0 radical (unpaired) electrons. The molecule has 0 fully saturated rings. The molecule has 2 aromatic carbocycles. The maximum atomic E-state index is 8.86. The van der Waals surface area contributed by atoms with Gasteiger partial charge in [0, 0.05) is 17.6 Å². The van der Waals surface area contributed by atoms with Crippen LogP contribution in [0.5, 0.6) is 0 Å². The summed E-state index contributed by atoms with van der Waals surface area (Å²) in [5.74, 6) is 1.75. The monoisotopic (exact) mass is 425 g/mol. The molecule has 4 aromatic rings. The number of para-hydroxylation sites is 1. The summed E-state index contributed by atoms with van der Waals surface area (Å²) in [4.78, 5) is 9.47. The van der Waals surface area contributed by atoms with Crippen molar-refractivity contribution in [3.63, 3.8) is 0 Å². The molecule has 0 aliphatic heterocycles. The second-order valence-electron chi connectivity index (χ2n) is 8.32. The van der Waals surface area contributed by atoms with Crippen LogP contribution in [0.15, 0.2) is 48.5 Å². The second kappa shape index (κ2) is 9.06. The van der Waals surface area contributed by atoms with E-state index < -0.39 is 0 Å². The molecule has 0 saturated heterocycles. The highest BCUT2D eigenvalue weighted by molar-refractivity contribution is 5.92. The van der Waals surface area contributed by atoms with Gasteiger partial charge in [0.1, 0.15) is 5.82 Å². The molecule has 2 aromatic heterocycles. The Labute approximate surface area is 188 Å². The molecule has 0 unspecified atom stereocenters. The maximum absolute atomic E-state index is 8.86. The van der Waals surface area contributed by atoms with Crippen LogP contribution in [0.1, 0.15) is 30.8 Å². The molecule has 32 heavy (non-hydrogen) atoms. The molecule has 2 N–H and O–H groups in total. The quantitative estimate of drug-likeness (QED) is 0.397. The molecule has 0 saturated carbocycles. The average Bonchev–Trinajstić information content (AvgIpc) is 3.02. The van der Waals surface area contributed by atoms with E-state index in [1.54, 1.807) is 0 Å². The lowest BCUT2D eigenvalue weighted by Crippen LogP contribution is -2.08. The smallest absolute Gasteiger partial charge is 0.229 e. The summed E-state index contributed by atoms with van der Waals surface area (Å²) >= 11 is 0. The van der Waals surface area contributed by atoms with E-state index >= 15 is 0 Å². The van der Waals surface area contributed by atoms with Crippen molar-refractivity contribution >= 4 is 34.0 Å². The van der Waals surface area contributed by atoms with E-state index in [1.807, 2.05) is 60.1 Å². The third kappa shape index (κ3) is 4.54. The standard InChI is InChI=1S/C25H27N7/c1-16(2)15-32-18(4)23(17(3)31-32)29-24-21-7-5-6-8-22(21)28-25(30-24)27-20-11-9-19(10-12-20)13-14-26/h5-12,16H,13,15H2,1-4H3,(H2,27,28,29,30). The van der Waals surface area contributed by atoms with E-state index in [1.165, 1.54) is 0 Å². The number of nitrogens with one attached hydrogen (secondary N) is 2. The number of fused-ring (bicyclic) bond motifs is 1. The predicted octanol–water partition coefficient (Wildman–Crippen LogP) is 5.65. The Hall–Kier alpha value is -3.92. The Bertz CT molecular complexity index is 1280. The van der Waals surface area contributed by atoms with Gasteiger partial charge in [0.2, 0.25) is 5.95 Å². The molecular weight excluding hydrogens is 398 g/mol. The van der Waals surface area contributed by atoms with Gasteiger partial charge in [-0.3, -0.25) is 4.68 Å². The Morgan fingerprint density at radius 3 is 2.47 bits per heavy atom. The van der Waals surface area contributed by atoms with E-state index in [-0.39, 0.29) is 0 Å². The van der Waals surface area contributed by atoms with Crippen LogP contribution in [0.2, 0.25) is 0 Å². The lowest BCUT2D eigenvalue weighted by Gasteiger charge is -2.13. The van der Waals surface area contributed by atoms with Crippen molar-refractivity contribution in [1.82, 2.24) is 19.7 Å². The van der Waals surface area contributed by atoms with E-state index in [0.717, 1.165) is 51.6 Å². The number of hydrogen-bond acceptors (Lipinski definition) is 6. The Kier molecular flexibility index (Phi) is 6.04. The zero-order valence-corrected chi connectivity index (χ0v) is 18.8. The first-order chi connectivity index (χ1) is 15.4. The highest BCUT2D eigenvalue weighted by Crippen LogP contribution is 2.29. The van der Waals surface area contributed by atoms with Crippen molar-refractivity contribution in [2.45, 2.75) is 40.7 Å². The molecular formula is C25H27N7. The Morgan fingerprint density at radius 1 is 1.00 bits per heavy atom. The van der Waals surface area contributed by atoms with Crippen molar-refractivity contribution < 1.29 is 0 Å². The summed E-state index contributed by atoms with van der Waals surface area (Å²) in [5.41, 5.74) is 5.68. The van der Waals surface area contributed by atoms with Gasteiger partial charge < -0.3 is 10.6 Å². The first-order valence-corrected chi connectivity index (χ1v) is 10.8. The molecule has 2 heterocycles. The number of aromatic nitrogens is 4. The van der Waals surface area contributed by atoms with E-state index in [9.17, 15) is 0 Å². The SMILES string of the molecule is Cc1nn(CC(C)C)c(C)c1Nc1nc(Nc2ccc(CC#N)cc2)nc2ccccc12. The molecule has 0 bridgehead atoms. The first kappa shape index (κ1) is 21.3. The minimum atomic E-state index is 0.393. The predicted molar refractivity (Wildman–Crippen MR) is 128 cm³/mol. The van der Waals surface area contributed by atoms with Crippen molar-refractivity contribution in [2.75, 3.05) is 10.6 Å². The number of hydrogen-bond donors (Lipinski definition) is 2. The highest BCUT2D eigenvalue weighted by Gasteiger charge is 2.15. The summed E-state index contributed by atoms with van der Waals surface area (Å²) < 4.78 is 2.05. The van der Waals surface area contributed by atoms with Gasteiger partial charge in [0.25, 0.3) is 0 Å². The fourth-order valence-electron chi connectivity index (χ4n) is 3.67. The lowest BCUT2D eigenvalue weighted by molar-refractivity contribution is 0.473. The molecule has 162 valence electrons. The summed E-state index contributed by atoms with van der Waals surface area (Å²) in [6, 6.07) is 17.8. The molecule has 0 atom stereocenters. The van der Waals surface area contributed by atoms with Crippen LogP contribution in [-0.2, 0) is 13.0 Å². The number of nitrogens with zero attached hydrogens (tertiary/aromatic N) is 5. The molecule has 4 rings (SSSR count). The van der Waals surface area contributed by atoms with Crippen molar-refractivity contribution in [3.8, 4) is 6.07 Å². The van der Waals surface area contributed by atoms with Gasteiger partial charge in [-0.25, -0.2) is 4.98 Å². The van der Waals surface area contributed by atoms with Gasteiger partial charge in [-0.05, 0) is 49.6 Å². The molecule has 0 spiro atoms. The van der Waals surface area contributed by atoms with Crippen molar-refractivity contribution in [3.05, 3.63) is 65.5 Å². The number of nitriles is 1. The Balaban J connectivity index is 1.69. The summed E-state index contributed by atoms with van der Waals surface area (Å²) in [6.45, 7) is 9.33. The van der Waals surface area contributed by atoms with Gasteiger partial charge in [-0.2, -0.15) is 15.3 Å². The van der Waals surface area contributed by atoms with Crippen LogP contribution in [0.25, 0.3) is 10.9 Å². The third-order valence-electron chi connectivity index (χ3n) is 5.26. The topological polar surface area (TPSA) is 91.5 Å². The fourth-order valence-corrected chi connectivity index (χ4v) is 3.67. The summed E-state index contributed by atoms with van der Waals surface area (Å²) in [6.07, 6.45) is 0.393. The van der Waals surface area contributed by atoms with Crippen molar-refractivity contribution in [1.29, 1.82) is 5.26 Å². The van der Waals surface area contributed by atoms with Crippen LogP contribution in [0.4, 0.5) is 23.1 Å². The lowest BCUT2D eigenvalue weighted by atomic mass is 10.1. The highest BCUT2D eigenvalue weighted by atomic mass is 15.3. The van der Waals surface area contributed by atoms with Gasteiger partial charge >= 0.3 is 0 Å². The van der Waals surface area contributed by atoms with Gasteiger partial charge in [-0.15, -0.1) is 0 Å². The van der Waals surface area contributed by atoms with E-state index in [2.05, 4.69) is 42.5 Å². The molecule has 7 heteroatoms. The third-order valence-corrected chi connectivity index (χ3v) is 5.26. The number of rotatable bonds is 7. The van der Waals surface area contributed by atoms with E-state index in [0.29, 0.717) is 18.3 Å². The van der Waals surface area contributed by atoms with Crippen LogP contribution in [-0.4, -0.2) is 19.7 Å². The second-order valence-corrected chi connectivity index (χ2v) is 8.32. The minimum Gasteiger partial charge on any atom is -0.337 e. The average molecular weight is 426 g/mol. The van der Waals surface area contributed by atoms with Gasteiger partial charge in [0.15, 0.2) is 0 Å². The summed E-state index contributed by atoms with van der Waals surface area (Å²) in [5, 5.41) is 21.3. The zero-order valence-electron chi connectivity index (χ0n) is 18.8. The fraction of sp³-hybridized carbons (Fsp3) is 0.280. The van der Waals surface area contributed by atoms with Crippen LogP contribution in [0.3, 0.4) is 0 Å². The first-order valence-electron chi connectivity index (χ1n) is 10.8. The van der Waals surface area contributed by atoms with Crippen LogP contribution >= 0.6 is 0 Å². The zero-order chi connectivity index (χ0) is 22.7. The molecule has 0 aliphatic carbocycles. The van der Waals surface area contributed by atoms with E-state index in [4.69, 9.17) is 15.3 Å². The van der Waals surface area contributed by atoms with Gasteiger partial charge in [0.05, 0.1) is 35.1 Å². The normalized spacial score (nSPS) is 11.0. The summed E-state index contributed by atoms with van der Waals surface area (Å²) in [7, 11) is 0. The minimum absolute atomic E-state index is 0.393. The molecule has 7 nitrogen and oxygen atoms in total. The Morgan fingerprint density at radius 2 is 1.75 bits per heavy atom. The number of benzene rings is 2. The number of aryl methyl sites for hydroxylation is 1. The van der Waals surface area contributed by atoms with Gasteiger partial charge in [-0.1, -0.05) is 38.1 Å². The van der Waals surface area contributed by atoms with Crippen molar-refractivity contribution in [2.24, 2.45) is 5.92 Å².